The molecule has 0 aliphatic heterocycles. The van der Waals surface area contributed by atoms with Crippen LogP contribution in [0, 0.1) is 0 Å². The fourth-order valence-electron chi connectivity index (χ4n) is 0.179. The number of hydrogen-bond donors (Lipinski definition) is 0. The standard InChI is InChI=1S/C2BrNO3/c3-1-4-7-2(5)6-1. The van der Waals surface area contributed by atoms with Gasteiger partial charge in [-0.2, -0.15) is 0 Å². The second-order valence-corrected chi connectivity index (χ2v) is 1.47. The van der Waals surface area contributed by atoms with Crippen LogP contribution in [-0.4, -0.2) is 5.16 Å². The van der Waals surface area contributed by atoms with Gasteiger partial charge >= 0.3 is 10.6 Å². The van der Waals surface area contributed by atoms with E-state index in [-0.39, 0.29) is 4.80 Å². The highest BCUT2D eigenvalue weighted by Crippen LogP contribution is 1.97. The lowest BCUT2D eigenvalue weighted by Gasteiger charge is -1.57. The van der Waals surface area contributed by atoms with Crippen LogP contribution in [0.25, 0.3) is 0 Å². The largest absolute Gasteiger partial charge is 0.542 e. The summed E-state index contributed by atoms with van der Waals surface area (Å²) in [4.78, 5) is 9.93. The number of rotatable bonds is 0. The molecule has 0 atom stereocenters. The molecule has 0 saturated heterocycles. The number of aromatic nitrogens is 1. The summed E-state index contributed by atoms with van der Waals surface area (Å²) in [5, 5.41) is 3.08. The molecule has 1 aromatic heterocycles. The van der Waals surface area contributed by atoms with Crippen molar-refractivity contribution >= 4 is 15.9 Å². The van der Waals surface area contributed by atoms with Gasteiger partial charge in [-0.3, -0.25) is 4.52 Å². The quantitative estimate of drug-likeness (QED) is 0.559. The Morgan fingerprint density at radius 1 is 1.71 bits per heavy atom. The van der Waals surface area contributed by atoms with Gasteiger partial charge in [-0.25, -0.2) is 4.79 Å². The Balaban J connectivity index is 3.30. The third-order valence-corrected chi connectivity index (χ3v) is 0.666. The van der Waals surface area contributed by atoms with Gasteiger partial charge < -0.3 is 4.42 Å². The summed E-state index contributed by atoms with van der Waals surface area (Å²) < 4.78 is 8.11. The van der Waals surface area contributed by atoms with Crippen molar-refractivity contribution in [3.63, 3.8) is 0 Å². The molecule has 0 saturated carbocycles. The first-order valence-electron chi connectivity index (χ1n) is 1.41. The predicted octanol–water partition coefficient (Wildman–Crippen LogP) is 0.390. The maximum absolute atomic E-state index is 9.86. The monoisotopic (exact) mass is 165 g/mol. The zero-order valence-electron chi connectivity index (χ0n) is 3.05. The van der Waals surface area contributed by atoms with Gasteiger partial charge in [0, 0.05) is 15.9 Å². The van der Waals surface area contributed by atoms with Crippen molar-refractivity contribution in [1.82, 2.24) is 5.16 Å². The van der Waals surface area contributed by atoms with E-state index in [0.717, 1.165) is 0 Å². The van der Waals surface area contributed by atoms with Gasteiger partial charge in [-0.1, -0.05) is 0 Å². The molecule has 1 aromatic rings. The maximum atomic E-state index is 9.86. The van der Waals surface area contributed by atoms with E-state index < -0.39 is 5.82 Å². The normalized spacial score (nSPS) is 9.29. The Kier molecular flexibility index (Phi) is 0.976. The van der Waals surface area contributed by atoms with Crippen molar-refractivity contribution in [3.05, 3.63) is 15.4 Å². The van der Waals surface area contributed by atoms with E-state index in [2.05, 4.69) is 30.0 Å². The van der Waals surface area contributed by atoms with Crippen molar-refractivity contribution < 1.29 is 8.94 Å². The summed E-state index contributed by atoms with van der Waals surface area (Å²) in [7, 11) is 0. The highest BCUT2D eigenvalue weighted by atomic mass is 79.9. The Morgan fingerprint density at radius 3 is 2.57 bits per heavy atom. The van der Waals surface area contributed by atoms with E-state index in [4.69, 9.17) is 0 Å². The Bertz CT molecular complexity index is 201. The lowest BCUT2D eigenvalue weighted by atomic mass is 11.5. The number of hydrogen-bond acceptors (Lipinski definition) is 4. The van der Waals surface area contributed by atoms with Crippen molar-refractivity contribution in [2.45, 2.75) is 0 Å². The van der Waals surface area contributed by atoms with Crippen LogP contribution >= 0.6 is 15.9 Å². The van der Waals surface area contributed by atoms with Crippen LogP contribution in [0.2, 0.25) is 0 Å². The molecule has 0 aliphatic rings. The first-order chi connectivity index (χ1) is 3.29. The highest BCUT2D eigenvalue weighted by Gasteiger charge is 1.93. The van der Waals surface area contributed by atoms with E-state index in [1.54, 1.807) is 0 Å². The first kappa shape index (κ1) is 4.58. The van der Waals surface area contributed by atoms with Crippen molar-refractivity contribution in [3.8, 4) is 0 Å². The van der Waals surface area contributed by atoms with Gasteiger partial charge in [0.15, 0.2) is 0 Å². The van der Waals surface area contributed by atoms with Gasteiger partial charge in [0.2, 0.25) is 0 Å². The molecule has 0 spiro atoms. The molecule has 0 N–H and O–H groups in total. The summed E-state index contributed by atoms with van der Waals surface area (Å²) in [5.41, 5.74) is 0. The third kappa shape index (κ3) is 0.894. The summed E-state index contributed by atoms with van der Waals surface area (Å²) in [6.45, 7) is 0. The maximum Gasteiger partial charge on any atom is 0.542 e. The minimum atomic E-state index is -0.799. The summed E-state index contributed by atoms with van der Waals surface area (Å²) in [5.74, 6) is -0.799. The first-order valence-corrected chi connectivity index (χ1v) is 2.20. The van der Waals surface area contributed by atoms with E-state index >= 15 is 0 Å². The van der Waals surface area contributed by atoms with Crippen LogP contribution in [0.1, 0.15) is 0 Å². The van der Waals surface area contributed by atoms with Crippen LogP contribution in [0.3, 0.4) is 0 Å². The Morgan fingerprint density at radius 2 is 2.43 bits per heavy atom. The zero-order valence-corrected chi connectivity index (χ0v) is 4.64. The SMILES string of the molecule is O=c1onc(Br)o1. The van der Waals surface area contributed by atoms with E-state index in [1.807, 2.05) is 0 Å². The van der Waals surface area contributed by atoms with Crippen LogP contribution < -0.4 is 5.82 Å². The molecule has 5 heteroatoms. The minimum absolute atomic E-state index is 0.0671. The summed E-state index contributed by atoms with van der Waals surface area (Å²) in [6, 6.07) is 0. The Labute approximate surface area is 46.2 Å². The molecule has 0 aromatic carbocycles. The van der Waals surface area contributed by atoms with Gasteiger partial charge in [-0.15, -0.1) is 0 Å². The molecule has 0 amide bonds. The summed E-state index contributed by atoms with van der Waals surface area (Å²) >= 11 is 2.76. The molecule has 1 rings (SSSR count). The average molecular weight is 166 g/mol. The van der Waals surface area contributed by atoms with Crippen molar-refractivity contribution in [2.24, 2.45) is 0 Å². The lowest BCUT2D eigenvalue weighted by molar-refractivity contribution is 0.334. The van der Waals surface area contributed by atoms with Gasteiger partial charge in [0.25, 0.3) is 0 Å². The van der Waals surface area contributed by atoms with Gasteiger partial charge in [-0.05, 0) is 5.16 Å². The second-order valence-electron chi connectivity index (χ2n) is 0.788. The molecule has 0 unspecified atom stereocenters. The van der Waals surface area contributed by atoms with E-state index in [0.29, 0.717) is 0 Å². The van der Waals surface area contributed by atoms with Crippen LogP contribution in [0.5, 0.6) is 0 Å². The van der Waals surface area contributed by atoms with Crippen LogP contribution in [0.15, 0.2) is 18.5 Å². The molecule has 1 heterocycles. The molecular weight excluding hydrogens is 166 g/mol. The molecule has 0 aliphatic carbocycles. The second kappa shape index (κ2) is 1.49. The molecule has 7 heavy (non-hydrogen) atoms. The van der Waals surface area contributed by atoms with Gasteiger partial charge in [0.1, 0.15) is 0 Å². The van der Waals surface area contributed by atoms with E-state index in [9.17, 15) is 4.79 Å². The van der Waals surface area contributed by atoms with Crippen LogP contribution in [-0.2, 0) is 0 Å². The van der Waals surface area contributed by atoms with Gasteiger partial charge in [0.05, 0.1) is 0 Å². The molecule has 4 nitrogen and oxygen atoms in total. The smallest absolute Gasteiger partial charge is 0.364 e. The molecule has 0 radical (unpaired) electrons. The third-order valence-electron chi connectivity index (χ3n) is 0.360. The number of halogens is 1. The van der Waals surface area contributed by atoms with Crippen molar-refractivity contribution in [1.29, 1.82) is 0 Å². The Hall–Kier alpha value is -0.580. The average Bonchev–Trinajstić information content (AvgIpc) is 1.87. The summed E-state index contributed by atoms with van der Waals surface area (Å²) in [6.07, 6.45) is 0. The predicted molar refractivity (Wildman–Crippen MR) is 22.7 cm³/mol. The molecular formula is C2BrNO3. The molecule has 38 valence electrons. The number of nitrogens with zero attached hydrogens (tertiary/aromatic N) is 1. The highest BCUT2D eigenvalue weighted by molar-refractivity contribution is 9.10. The fourth-order valence-corrected chi connectivity index (χ4v) is 0.384. The fraction of sp³-hybridized carbons (Fsp3) is 0. The zero-order chi connectivity index (χ0) is 5.28. The lowest BCUT2D eigenvalue weighted by Crippen LogP contribution is -1.84. The van der Waals surface area contributed by atoms with Crippen LogP contribution in [0.4, 0.5) is 0 Å². The van der Waals surface area contributed by atoms with Crippen molar-refractivity contribution in [2.75, 3.05) is 0 Å². The minimum Gasteiger partial charge on any atom is -0.364 e. The molecule has 0 bridgehead atoms. The topological polar surface area (TPSA) is 56.2 Å². The van der Waals surface area contributed by atoms with E-state index in [1.165, 1.54) is 0 Å². The molecule has 0 fully saturated rings.